The highest BCUT2D eigenvalue weighted by Crippen LogP contribution is 2.27. The SMILES string of the molecule is CCOc1ccc(C(CC(=O)c2ccc(Cl)cc2)Nc2ccc(F)cc2)cc1. The predicted octanol–water partition coefficient (Wildman–Crippen LogP) is 6.30. The Morgan fingerprint density at radius 1 is 1.00 bits per heavy atom. The van der Waals surface area contributed by atoms with Crippen molar-refractivity contribution in [3.8, 4) is 5.75 Å². The zero-order valence-electron chi connectivity index (χ0n) is 15.5. The number of anilines is 1. The number of carbonyl (C=O) groups is 1. The van der Waals surface area contributed by atoms with E-state index in [0.29, 0.717) is 17.2 Å². The second-order valence-electron chi connectivity index (χ2n) is 6.34. The average Bonchev–Trinajstić information content (AvgIpc) is 2.70. The fourth-order valence-electron chi connectivity index (χ4n) is 2.90. The maximum absolute atomic E-state index is 13.2. The Bertz CT molecular complexity index is 909. The van der Waals surface area contributed by atoms with E-state index in [1.165, 1.54) is 12.1 Å². The normalized spacial score (nSPS) is 11.7. The molecule has 0 saturated carbocycles. The van der Waals surface area contributed by atoms with Gasteiger partial charge in [-0.15, -0.1) is 0 Å². The van der Waals surface area contributed by atoms with Crippen molar-refractivity contribution in [1.29, 1.82) is 0 Å². The molecule has 0 fully saturated rings. The van der Waals surface area contributed by atoms with E-state index in [4.69, 9.17) is 16.3 Å². The summed E-state index contributed by atoms with van der Waals surface area (Å²) in [7, 11) is 0. The molecule has 0 aliphatic carbocycles. The van der Waals surface area contributed by atoms with Crippen LogP contribution in [0.25, 0.3) is 0 Å². The van der Waals surface area contributed by atoms with Crippen LogP contribution in [0, 0.1) is 5.82 Å². The summed E-state index contributed by atoms with van der Waals surface area (Å²) in [6.07, 6.45) is 0.243. The van der Waals surface area contributed by atoms with Crippen molar-refractivity contribution in [2.45, 2.75) is 19.4 Å². The second kappa shape index (κ2) is 9.38. The summed E-state index contributed by atoms with van der Waals surface area (Å²) in [5, 5.41) is 3.92. The number of carbonyl (C=O) groups excluding carboxylic acids is 1. The van der Waals surface area contributed by atoms with E-state index in [-0.39, 0.29) is 24.1 Å². The quantitative estimate of drug-likeness (QED) is 0.453. The Labute approximate surface area is 169 Å². The van der Waals surface area contributed by atoms with Crippen LogP contribution in [0.1, 0.15) is 35.3 Å². The van der Waals surface area contributed by atoms with Gasteiger partial charge in [0.2, 0.25) is 0 Å². The number of rotatable bonds is 8. The minimum absolute atomic E-state index is 0.00911. The molecule has 0 saturated heterocycles. The lowest BCUT2D eigenvalue weighted by molar-refractivity contribution is 0.0976. The van der Waals surface area contributed by atoms with Gasteiger partial charge in [-0.1, -0.05) is 23.7 Å². The second-order valence-corrected chi connectivity index (χ2v) is 6.78. The minimum Gasteiger partial charge on any atom is -0.494 e. The van der Waals surface area contributed by atoms with E-state index in [1.807, 2.05) is 31.2 Å². The van der Waals surface area contributed by atoms with Crippen LogP contribution >= 0.6 is 11.6 Å². The fourth-order valence-corrected chi connectivity index (χ4v) is 3.03. The van der Waals surface area contributed by atoms with Gasteiger partial charge in [0.25, 0.3) is 0 Å². The number of ether oxygens (including phenoxy) is 1. The molecule has 0 aromatic heterocycles. The molecule has 144 valence electrons. The van der Waals surface area contributed by atoms with Gasteiger partial charge >= 0.3 is 0 Å². The number of hydrogen-bond donors (Lipinski definition) is 1. The lowest BCUT2D eigenvalue weighted by Gasteiger charge is -2.20. The van der Waals surface area contributed by atoms with Crippen LogP contribution in [-0.4, -0.2) is 12.4 Å². The molecule has 28 heavy (non-hydrogen) atoms. The summed E-state index contributed by atoms with van der Waals surface area (Å²) in [5.74, 6) is 0.460. The van der Waals surface area contributed by atoms with Crippen LogP contribution in [0.5, 0.6) is 5.75 Å². The van der Waals surface area contributed by atoms with E-state index in [1.54, 1.807) is 36.4 Å². The van der Waals surface area contributed by atoms with Gasteiger partial charge < -0.3 is 10.1 Å². The van der Waals surface area contributed by atoms with Crippen molar-refractivity contribution in [3.05, 3.63) is 94.8 Å². The van der Waals surface area contributed by atoms with Gasteiger partial charge in [-0.25, -0.2) is 4.39 Å². The van der Waals surface area contributed by atoms with Crippen LogP contribution in [0.2, 0.25) is 5.02 Å². The van der Waals surface area contributed by atoms with Crippen molar-refractivity contribution in [2.24, 2.45) is 0 Å². The van der Waals surface area contributed by atoms with Gasteiger partial charge in [-0.2, -0.15) is 0 Å². The third-order valence-corrected chi connectivity index (χ3v) is 4.59. The maximum atomic E-state index is 13.2. The first-order valence-corrected chi connectivity index (χ1v) is 9.46. The summed E-state index contributed by atoms with van der Waals surface area (Å²) in [6, 6.07) is 20.3. The summed E-state index contributed by atoms with van der Waals surface area (Å²) in [5.41, 5.74) is 2.28. The van der Waals surface area contributed by atoms with Gasteiger partial charge in [-0.3, -0.25) is 4.79 Å². The van der Waals surface area contributed by atoms with Gasteiger partial charge in [-0.05, 0) is 73.2 Å². The van der Waals surface area contributed by atoms with E-state index in [0.717, 1.165) is 17.0 Å². The molecular weight excluding hydrogens is 377 g/mol. The highest BCUT2D eigenvalue weighted by atomic mass is 35.5. The highest BCUT2D eigenvalue weighted by molar-refractivity contribution is 6.30. The molecule has 0 amide bonds. The first kappa shape index (κ1) is 19.9. The average molecular weight is 398 g/mol. The van der Waals surface area contributed by atoms with Crippen molar-refractivity contribution in [1.82, 2.24) is 0 Å². The van der Waals surface area contributed by atoms with E-state index in [2.05, 4.69) is 5.32 Å². The molecular formula is C23H21ClFNO2. The first-order valence-electron chi connectivity index (χ1n) is 9.09. The Hall–Kier alpha value is -2.85. The predicted molar refractivity (Wildman–Crippen MR) is 111 cm³/mol. The molecule has 1 atom stereocenters. The first-order chi connectivity index (χ1) is 13.5. The smallest absolute Gasteiger partial charge is 0.165 e. The van der Waals surface area contributed by atoms with Gasteiger partial charge in [0.15, 0.2) is 5.78 Å². The number of hydrogen-bond acceptors (Lipinski definition) is 3. The van der Waals surface area contributed by atoms with Crippen LogP contribution in [0.4, 0.5) is 10.1 Å². The van der Waals surface area contributed by atoms with Crippen LogP contribution in [0.15, 0.2) is 72.8 Å². The number of ketones is 1. The van der Waals surface area contributed by atoms with Crippen molar-refractivity contribution in [3.63, 3.8) is 0 Å². The molecule has 1 unspecified atom stereocenters. The van der Waals surface area contributed by atoms with Gasteiger partial charge in [0.05, 0.1) is 12.6 Å². The van der Waals surface area contributed by atoms with Crippen molar-refractivity contribution < 1.29 is 13.9 Å². The molecule has 3 rings (SSSR count). The summed E-state index contributed by atoms with van der Waals surface area (Å²) >= 11 is 5.91. The molecule has 3 aromatic carbocycles. The Balaban J connectivity index is 1.83. The largest absolute Gasteiger partial charge is 0.494 e. The van der Waals surface area contributed by atoms with Crippen LogP contribution in [0.3, 0.4) is 0 Å². The van der Waals surface area contributed by atoms with E-state index >= 15 is 0 Å². The van der Waals surface area contributed by atoms with Crippen molar-refractivity contribution >= 4 is 23.1 Å². The molecule has 1 N–H and O–H groups in total. The monoisotopic (exact) mass is 397 g/mol. The lowest BCUT2D eigenvalue weighted by Crippen LogP contribution is -2.16. The molecule has 3 nitrogen and oxygen atoms in total. The third-order valence-electron chi connectivity index (χ3n) is 4.33. The third kappa shape index (κ3) is 5.33. The Morgan fingerprint density at radius 2 is 1.64 bits per heavy atom. The molecule has 0 radical (unpaired) electrons. The van der Waals surface area contributed by atoms with Gasteiger partial charge in [0, 0.05) is 22.7 Å². The number of halogens is 2. The fraction of sp³-hybridized carbons (Fsp3) is 0.174. The molecule has 3 aromatic rings. The number of benzene rings is 3. The zero-order chi connectivity index (χ0) is 19.9. The molecule has 0 spiro atoms. The van der Waals surface area contributed by atoms with Crippen molar-refractivity contribution in [2.75, 3.05) is 11.9 Å². The molecule has 0 aliphatic rings. The Morgan fingerprint density at radius 3 is 2.25 bits per heavy atom. The van der Waals surface area contributed by atoms with Gasteiger partial charge in [0.1, 0.15) is 11.6 Å². The number of Topliss-reactive ketones (excluding diaryl/α,β-unsaturated/α-hetero) is 1. The van der Waals surface area contributed by atoms with Crippen LogP contribution in [-0.2, 0) is 0 Å². The summed E-state index contributed by atoms with van der Waals surface area (Å²) < 4.78 is 18.7. The standard InChI is InChI=1S/C23H21ClFNO2/c1-2-28-21-13-5-16(6-14-21)22(26-20-11-9-19(25)10-12-20)15-23(27)17-3-7-18(24)8-4-17/h3-14,22,26H,2,15H2,1H3. The molecule has 0 aliphatic heterocycles. The van der Waals surface area contributed by atoms with Crippen LogP contribution < -0.4 is 10.1 Å². The van der Waals surface area contributed by atoms with E-state index < -0.39 is 0 Å². The summed E-state index contributed by atoms with van der Waals surface area (Å²) in [6.45, 7) is 2.52. The highest BCUT2D eigenvalue weighted by Gasteiger charge is 2.18. The molecule has 5 heteroatoms. The Kier molecular flexibility index (Phi) is 6.66. The molecule has 0 heterocycles. The topological polar surface area (TPSA) is 38.3 Å². The minimum atomic E-state index is -0.305. The summed E-state index contributed by atoms with van der Waals surface area (Å²) in [4.78, 5) is 12.8. The number of nitrogens with one attached hydrogen (secondary N) is 1. The maximum Gasteiger partial charge on any atom is 0.165 e. The van der Waals surface area contributed by atoms with E-state index in [9.17, 15) is 9.18 Å². The lowest BCUT2D eigenvalue weighted by atomic mass is 9.97. The zero-order valence-corrected chi connectivity index (χ0v) is 16.2. The molecule has 0 bridgehead atoms.